The Hall–Kier alpha value is -2.27. The fourth-order valence-corrected chi connectivity index (χ4v) is 0.850. The van der Waals surface area contributed by atoms with Crippen LogP contribution >= 0.6 is 24.4 Å². The van der Waals surface area contributed by atoms with Crippen LogP contribution < -0.4 is 22.9 Å². The summed E-state index contributed by atoms with van der Waals surface area (Å²) in [6.07, 6.45) is 3.46. The molecule has 26 heavy (non-hydrogen) atoms. The lowest BCUT2D eigenvalue weighted by Gasteiger charge is -1.86. The molecule has 0 fully saturated rings. The van der Waals surface area contributed by atoms with Crippen molar-refractivity contribution < 1.29 is 10.2 Å². The number of aliphatic hydroxyl groups is 2. The first-order valence-electron chi connectivity index (χ1n) is 6.99. The number of aromatic nitrogens is 2. The van der Waals surface area contributed by atoms with E-state index in [2.05, 4.69) is 65.3 Å². The van der Waals surface area contributed by atoms with Gasteiger partial charge in [0, 0.05) is 12.4 Å². The SMILES string of the molecule is C.CCNCC.N.NC(O)=S.NC(O)=S.c1ccccc1.c1cn[nH]c1. The number of hydrogen-bond donors (Lipinski definition) is 7. The van der Waals surface area contributed by atoms with Crippen molar-refractivity contribution in [1.29, 1.82) is 0 Å². The normalized spacial score (nSPS) is 6.85. The van der Waals surface area contributed by atoms with Crippen molar-refractivity contribution >= 4 is 34.8 Å². The van der Waals surface area contributed by atoms with Crippen LogP contribution in [0.4, 0.5) is 0 Å². The third-order valence-corrected chi connectivity index (χ3v) is 1.57. The van der Waals surface area contributed by atoms with Crippen molar-refractivity contribution in [2.24, 2.45) is 11.5 Å². The van der Waals surface area contributed by atoms with Gasteiger partial charge in [-0.1, -0.05) is 57.7 Å². The van der Waals surface area contributed by atoms with Crippen LogP contribution in [0.25, 0.3) is 0 Å². The zero-order valence-corrected chi connectivity index (χ0v) is 16.3. The predicted octanol–water partition coefficient (Wildman–Crippen LogP) is 3.09. The van der Waals surface area contributed by atoms with Gasteiger partial charge in [0.15, 0.2) is 0 Å². The first-order valence-corrected chi connectivity index (χ1v) is 7.81. The first-order chi connectivity index (χ1) is 11.4. The van der Waals surface area contributed by atoms with Gasteiger partial charge in [-0.15, -0.1) is 0 Å². The summed E-state index contributed by atoms with van der Waals surface area (Å²) in [7, 11) is 0. The number of H-pyrrole nitrogens is 1. The van der Waals surface area contributed by atoms with Crippen molar-refractivity contribution in [3.63, 3.8) is 0 Å². The number of rotatable bonds is 2. The molecule has 0 aliphatic carbocycles. The molecular formula is C16H34N6O2S2. The average Bonchev–Trinajstić information content (AvgIpc) is 3.09. The summed E-state index contributed by atoms with van der Waals surface area (Å²) >= 11 is 7.74. The van der Waals surface area contributed by atoms with Gasteiger partial charge in [-0.05, 0) is 43.6 Å². The lowest BCUT2D eigenvalue weighted by atomic mass is 10.4. The second-order valence-electron chi connectivity index (χ2n) is 3.55. The molecule has 1 heterocycles. The summed E-state index contributed by atoms with van der Waals surface area (Å²) < 4.78 is 0. The highest BCUT2D eigenvalue weighted by molar-refractivity contribution is 7.80. The molecule has 0 saturated carbocycles. The molecule has 0 unspecified atom stereocenters. The minimum atomic E-state index is -0.500. The number of nitrogens with zero attached hydrogens (tertiary/aromatic N) is 1. The van der Waals surface area contributed by atoms with E-state index in [4.69, 9.17) is 10.2 Å². The Morgan fingerprint density at radius 3 is 1.31 bits per heavy atom. The molecule has 0 atom stereocenters. The number of hydrogen-bond acceptors (Lipinski definition) is 5. The molecule has 10 heteroatoms. The Morgan fingerprint density at radius 1 is 0.923 bits per heavy atom. The van der Waals surface area contributed by atoms with Gasteiger partial charge in [0.05, 0.1) is 0 Å². The molecular weight excluding hydrogens is 372 g/mol. The van der Waals surface area contributed by atoms with Gasteiger partial charge in [-0.2, -0.15) is 5.10 Å². The maximum absolute atomic E-state index is 7.56. The highest BCUT2D eigenvalue weighted by Crippen LogP contribution is 1.79. The van der Waals surface area contributed by atoms with E-state index in [-0.39, 0.29) is 13.6 Å². The molecule has 0 saturated heterocycles. The van der Waals surface area contributed by atoms with Crippen molar-refractivity contribution in [2.75, 3.05) is 13.1 Å². The van der Waals surface area contributed by atoms with Gasteiger partial charge in [0.25, 0.3) is 10.3 Å². The zero-order valence-electron chi connectivity index (χ0n) is 14.6. The molecule has 152 valence electrons. The van der Waals surface area contributed by atoms with Gasteiger partial charge < -0.3 is 33.1 Å². The minimum absolute atomic E-state index is 0. The highest BCUT2D eigenvalue weighted by atomic mass is 32.1. The summed E-state index contributed by atoms with van der Waals surface area (Å²) in [6.45, 7) is 6.39. The molecule has 2 aromatic rings. The Morgan fingerprint density at radius 2 is 1.23 bits per heavy atom. The molecule has 1 aromatic carbocycles. The Balaban J connectivity index is -0.0000000701. The van der Waals surface area contributed by atoms with E-state index in [0.717, 1.165) is 13.1 Å². The van der Waals surface area contributed by atoms with E-state index in [1.807, 2.05) is 42.5 Å². The van der Waals surface area contributed by atoms with Crippen LogP contribution in [0.2, 0.25) is 0 Å². The number of nitrogens with one attached hydrogen (secondary N) is 2. The fraction of sp³-hybridized carbons (Fsp3) is 0.312. The van der Waals surface area contributed by atoms with E-state index in [1.165, 1.54) is 0 Å². The molecule has 0 aliphatic heterocycles. The molecule has 8 nitrogen and oxygen atoms in total. The quantitative estimate of drug-likeness (QED) is 0.370. The van der Waals surface area contributed by atoms with Crippen molar-refractivity contribution in [3.8, 4) is 0 Å². The number of aliphatic hydroxyl groups excluding tert-OH is 2. The smallest absolute Gasteiger partial charge is 0.251 e. The maximum Gasteiger partial charge on any atom is 0.251 e. The summed E-state index contributed by atoms with van der Waals surface area (Å²) in [5, 5.41) is 23.4. The summed E-state index contributed by atoms with van der Waals surface area (Å²) in [6, 6.07) is 13.8. The van der Waals surface area contributed by atoms with E-state index < -0.39 is 10.3 Å². The Bertz CT molecular complexity index is 393. The Labute approximate surface area is 167 Å². The molecule has 0 bridgehead atoms. The van der Waals surface area contributed by atoms with Gasteiger partial charge in [0.1, 0.15) is 0 Å². The second-order valence-corrected chi connectivity index (χ2v) is 4.39. The van der Waals surface area contributed by atoms with Gasteiger partial charge in [0.2, 0.25) is 0 Å². The summed E-state index contributed by atoms with van der Waals surface area (Å²) in [4.78, 5) is 0. The van der Waals surface area contributed by atoms with Gasteiger partial charge in [-0.3, -0.25) is 5.10 Å². The first kappa shape index (κ1) is 34.9. The van der Waals surface area contributed by atoms with Gasteiger partial charge in [-0.25, -0.2) is 0 Å². The number of thiocarbonyl (C=S) groups is 2. The Kier molecular flexibility index (Phi) is 45.9. The second kappa shape index (κ2) is 34.1. The molecule has 2 rings (SSSR count). The largest absolute Gasteiger partial charge is 0.487 e. The number of nitrogens with two attached hydrogens (primary N) is 2. The summed E-state index contributed by atoms with van der Waals surface area (Å²) in [5.41, 5.74) is 8.80. The monoisotopic (exact) mass is 406 g/mol. The van der Waals surface area contributed by atoms with Gasteiger partial charge >= 0.3 is 0 Å². The minimum Gasteiger partial charge on any atom is -0.487 e. The van der Waals surface area contributed by atoms with Crippen LogP contribution in [0.5, 0.6) is 0 Å². The van der Waals surface area contributed by atoms with Crippen LogP contribution in [0, 0.1) is 0 Å². The number of benzene rings is 1. The molecule has 0 amide bonds. The molecule has 0 radical (unpaired) electrons. The van der Waals surface area contributed by atoms with Crippen molar-refractivity contribution in [2.45, 2.75) is 21.3 Å². The van der Waals surface area contributed by atoms with Crippen molar-refractivity contribution in [1.82, 2.24) is 21.7 Å². The lowest BCUT2D eigenvalue weighted by molar-refractivity contribution is 0.559. The van der Waals surface area contributed by atoms with E-state index in [9.17, 15) is 0 Å². The van der Waals surface area contributed by atoms with E-state index in [1.54, 1.807) is 12.4 Å². The van der Waals surface area contributed by atoms with Crippen molar-refractivity contribution in [3.05, 3.63) is 54.9 Å². The van der Waals surface area contributed by atoms with Crippen LogP contribution in [0.3, 0.4) is 0 Å². The van der Waals surface area contributed by atoms with Crippen LogP contribution in [0.15, 0.2) is 54.9 Å². The van der Waals surface area contributed by atoms with E-state index >= 15 is 0 Å². The van der Waals surface area contributed by atoms with Crippen LogP contribution in [-0.4, -0.2) is 43.8 Å². The topological polar surface area (TPSA) is 168 Å². The molecule has 1 aromatic heterocycles. The maximum atomic E-state index is 7.56. The third kappa shape index (κ3) is 81.1. The number of aromatic amines is 1. The molecule has 0 aliphatic rings. The predicted molar refractivity (Wildman–Crippen MR) is 120 cm³/mol. The highest BCUT2D eigenvalue weighted by Gasteiger charge is 1.63. The van der Waals surface area contributed by atoms with E-state index in [0.29, 0.717) is 0 Å². The molecule has 0 spiro atoms. The standard InChI is InChI=1S/C6H6.C4H11N.C3H4N2.2CH3NOS.CH4.H3N/c1-2-4-6-5-3-1;1-3-5-4-2;1-2-4-5-3-1;2*2-1(3)4;;/h1-6H;5H,3-4H2,1-2H3;1-3H,(H,4,5);2*(H3,2,3,4);1H4;1H3. The fourth-order valence-electron chi connectivity index (χ4n) is 0.850. The lowest BCUT2D eigenvalue weighted by Crippen LogP contribution is -2.09. The zero-order chi connectivity index (χ0) is 19.1. The van der Waals surface area contributed by atoms with Crippen LogP contribution in [-0.2, 0) is 0 Å². The van der Waals surface area contributed by atoms with Crippen LogP contribution in [0.1, 0.15) is 21.3 Å². The molecule has 11 N–H and O–H groups in total. The summed E-state index contributed by atoms with van der Waals surface area (Å²) in [5.74, 6) is 0. The average molecular weight is 407 g/mol. The third-order valence-electron chi connectivity index (χ3n) is 1.57.